The van der Waals surface area contributed by atoms with E-state index in [9.17, 15) is 9.59 Å². The second-order valence-corrected chi connectivity index (χ2v) is 7.25. The lowest BCUT2D eigenvalue weighted by Crippen LogP contribution is -2.10. The number of rotatable bonds is 12. The predicted molar refractivity (Wildman–Crippen MR) is 109 cm³/mol. The minimum Gasteiger partial charge on any atom is -0.465 e. The molecule has 0 saturated carbocycles. The third-order valence-electron chi connectivity index (χ3n) is 3.90. The van der Waals surface area contributed by atoms with Gasteiger partial charge in [0.05, 0.1) is 0 Å². The Balaban J connectivity index is 1.41. The molecule has 0 aliphatic heterocycles. The molecule has 0 fully saturated rings. The highest BCUT2D eigenvalue weighted by Gasteiger charge is 2.05. The number of thioether (sulfide) groups is 1. The molecule has 27 heavy (non-hydrogen) atoms. The van der Waals surface area contributed by atoms with Gasteiger partial charge in [-0.2, -0.15) is 11.8 Å². The van der Waals surface area contributed by atoms with Crippen molar-refractivity contribution in [2.45, 2.75) is 25.7 Å². The van der Waals surface area contributed by atoms with Gasteiger partial charge in [0, 0.05) is 24.3 Å². The van der Waals surface area contributed by atoms with E-state index >= 15 is 0 Å². The van der Waals surface area contributed by atoms with Gasteiger partial charge in [-0.3, -0.25) is 9.59 Å². The lowest BCUT2D eigenvalue weighted by molar-refractivity contribution is -0.143. The van der Waals surface area contributed by atoms with Gasteiger partial charge in [-0.1, -0.05) is 60.7 Å². The van der Waals surface area contributed by atoms with E-state index in [0.717, 1.165) is 11.1 Å². The molecule has 2 aromatic carbocycles. The average Bonchev–Trinajstić information content (AvgIpc) is 2.71. The maximum Gasteiger partial charge on any atom is 0.306 e. The van der Waals surface area contributed by atoms with Gasteiger partial charge >= 0.3 is 11.9 Å². The first kappa shape index (κ1) is 21.0. The van der Waals surface area contributed by atoms with Crippen molar-refractivity contribution in [2.24, 2.45) is 0 Å². The molecule has 0 saturated heterocycles. The molecule has 0 amide bonds. The SMILES string of the molecule is O=C(CCc1ccccc1)OCCSCCOC(=O)CCc1ccccc1. The zero-order valence-electron chi connectivity index (χ0n) is 15.5. The van der Waals surface area contributed by atoms with Gasteiger partial charge < -0.3 is 9.47 Å². The molecule has 0 spiro atoms. The van der Waals surface area contributed by atoms with Gasteiger partial charge in [0.25, 0.3) is 0 Å². The van der Waals surface area contributed by atoms with E-state index in [1.54, 1.807) is 11.8 Å². The fraction of sp³-hybridized carbons (Fsp3) is 0.364. The first-order valence-corrected chi connectivity index (χ1v) is 10.4. The molecular weight excluding hydrogens is 360 g/mol. The molecule has 0 radical (unpaired) electrons. The van der Waals surface area contributed by atoms with E-state index < -0.39 is 0 Å². The number of carbonyl (C=O) groups is 2. The Morgan fingerprint density at radius 1 is 0.667 bits per heavy atom. The van der Waals surface area contributed by atoms with E-state index in [2.05, 4.69) is 0 Å². The highest BCUT2D eigenvalue weighted by molar-refractivity contribution is 7.99. The van der Waals surface area contributed by atoms with Crippen LogP contribution in [0.4, 0.5) is 0 Å². The fourth-order valence-corrected chi connectivity index (χ4v) is 3.06. The van der Waals surface area contributed by atoms with E-state index in [1.165, 1.54) is 0 Å². The Morgan fingerprint density at radius 3 is 1.48 bits per heavy atom. The molecule has 0 unspecified atom stereocenters. The zero-order chi connectivity index (χ0) is 19.2. The van der Waals surface area contributed by atoms with Crippen LogP contribution in [-0.2, 0) is 31.9 Å². The number of hydrogen-bond donors (Lipinski definition) is 0. The zero-order valence-corrected chi connectivity index (χ0v) is 16.3. The van der Waals surface area contributed by atoms with Gasteiger partial charge in [0.2, 0.25) is 0 Å². The summed E-state index contributed by atoms with van der Waals surface area (Å²) in [6.45, 7) is 0.778. The van der Waals surface area contributed by atoms with Gasteiger partial charge in [-0.25, -0.2) is 0 Å². The van der Waals surface area contributed by atoms with Gasteiger partial charge in [0.1, 0.15) is 13.2 Å². The normalized spacial score (nSPS) is 10.4. The summed E-state index contributed by atoms with van der Waals surface area (Å²) < 4.78 is 10.4. The van der Waals surface area contributed by atoms with Crippen molar-refractivity contribution in [1.82, 2.24) is 0 Å². The molecule has 0 N–H and O–H groups in total. The number of ether oxygens (including phenoxy) is 2. The largest absolute Gasteiger partial charge is 0.465 e. The third kappa shape index (κ3) is 9.85. The van der Waals surface area contributed by atoms with Crippen molar-refractivity contribution >= 4 is 23.7 Å². The maximum atomic E-state index is 11.7. The summed E-state index contributed by atoms with van der Waals surface area (Å²) in [4.78, 5) is 23.4. The van der Waals surface area contributed by atoms with Crippen LogP contribution in [0.3, 0.4) is 0 Å². The third-order valence-corrected chi connectivity index (χ3v) is 4.81. The van der Waals surface area contributed by atoms with E-state index in [4.69, 9.17) is 9.47 Å². The summed E-state index contributed by atoms with van der Waals surface area (Å²) in [5.41, 5.74) is 2.27. The average molecular weight is 387 g/mol. The molecule has 4 nitrogen and oxygen atoms in total. The van der Waals surface area contributed by atoms with Crippen molar-refractivity contribution in [1.29, 1.82) is 0 Å². The Kier molecular flexibility index (Phi) is 10.1. The summed E-state index contributed by atoms with van der Waals surface area (Å²) in [6, 6.07) is 19.8. The van der Waals surface area contributed by atoms with Crippen LogP contribution in [0.2, 0.25) is 0 Å². The summed E-state index contributed by atoms with van der Waals surface area (Å²) >= 11 is 1.61. The number of esters is 2. The van der Waals surface area contributed by atoms with Crippen LogP contribution in [0.1, 0.15) is 24.0 Å². The number of carbonyl (C=O) groups excluding carboxylic acids is 2. The Labute approximate surface area is 165 Å². The minimum absolute atomic E-state index is 0.174. The molecule has 0 bridgehead atoms. The van der Waals surface area contributed by atoms with Crippen LogP contribution in [0, 0.1) is 0 Å². The van der Waals surface area contributed by atoms with Crippen LogP contribution in [-0.4, -0.2) is 36.7 Å². The second-order valence-electron chi connectivity index (χ2n) is 6.02. The topological polar surface area (TPSA) is 52.6 Å². The maximum absolute atomic E-state index is 11.7. The molecule has 0 aliphatic rings. The number of aryl methyl sites for hydroxylation is 2. The molecule has 2 aromatic rings. The quantitative estimate of drug-likeness (QED) is 0.406. The summed E-state index contributed by atoms with van der Waals surface area (Å²) in [5, 5.41) is 0. The summed E-state index contributed by atoms with van der Waals surface area (Å²) in [5.74, 6) is 1.07. The van der Waals surface area contributed by atoms with E-state index in [1.807, 2.05) is 60.7 Å². The van der Waals surface area contributed by atoms with Crippen LogP contribution < -0.4 is 0 Å². The lowest BCUT2D eigenvalue weighted by Gasteiger charge is -2.06. The smallest absolute Gasteiger partial charge is 0.306 e. The van der Waals surface area contributed by atoms with Crippen molar-refractivity contribution in [3.8, 4) is 0 Å². The van der Waals surface area contributed by atoms with Crippen molar-refractivity contribution in [3.05, 3.63) is 71.8 Å². The lowest BCUT2D eigenvalue weighted by atomic mass is 10.1. The monoisotopic (exact) mass is 386 g/mol. The molecule has 0 heterocycles. The number of hydrogen-bond acceptors (Lipinski definition) is 5. The molecule has 0 aliphatic carbocycles. The molecule has 2 rings (SSSR count). The van der Waals surface area contributed by atoms with Crippen LogP contribution in [0.25, 0.3) is 0 Å². The van der Waals surface area contributed by atoms with Crippen LogP contribution in [0.15, 0.2) is 60.7 Å². The molecule has 0 atom stereocenters. The van der Waals surface area contributed by atoms with Crippen LogP contribution >= 0.6 is 11.8 Å². The Bertz CT molecular complexity index is 614. The molecule has 5 heteroatoms. The molecular formula is C22H26O4S. The highest BCUT2D eigenvalue weighted by Crippen LogP contribution is 2.06. The van der Waals surface area contributed by atoms with E-state index in [-0.39, 0.29) is 11.9 Å². The first-order valence-electron chi connectivity index (χ1n) is 9.21. The van der Waals surface area contributed by atoms with Gasteiger partial charge in [0.15, 0.2) is 0 Å². The fourth-order valence-electron chi connectivity index (χ4n) is 2.46. The Morgan fingerprint density at radius 2 is 1.07 bits per heavy atom. The Hall–Kier alpha value is -2.27. The van der Waals surface area contributed by atoms with Gasteiger partial charge in [-0.05, 0) is 24.0 Å². The standard InChI is InChI=1S/C22H26O4S/c23-21(13-11-19-7-3-1-4-8-19)25-15-17-27-18-16-26-22(24)14-12-20-9-5-2-6-10-20/h1-10H,11-18H2. The predicted octanol–water partition coefficient (Wildman–Crippen LogP) is 4.07. The first-order chi connectivity index (χ1) is 13.2. The highest BCUT2D eigenvalue weighted by atomic mass is 32.2. The second kappa shape index (κ2) is 13.0. The van der Waals surface area contributed by atoms with E-state index in [0.29, 0.717) is 50.4 Å². The summed E-state index contributed by atoms with van der Waals surface area (Å²) in [6.07, 6.45) is 2.19. The molecule has 144 valence electrons. The summed E-state index contributed by atoms with van der Waals surface area (Å²) in [7, 11) is 0. The van der Waals surface area contributed by atoms with Crippen molar-refractivity contribution in [2.75, 3.05) is 24.7 Å². The minimum atomic E-state index is -0.174. The molecule has 0 aromatic heterocycles. The number of benzene rings is 2. The van der Waals surface area contributed by atoms with Crippen LogP contribution in [0.5, 0.6) is 0 Å². The van der Waals surface area contributed by atoms with Gasteiger partial charge in [-0.15, -0.1) is 0 Å². The van der Waals surface area contributed by atoms with Crippen molar-refractivity contribution in [3.63, 3.8) is 0 Å². The van der Waals surface area contributed by atoms with Crippen molar-refractivity contribution < 1.29 is 19.1 Å².